The molecule has 128 valence electrons. The Labute approximate surface area is 142 Å². The number of amides is 2. The molecule has 1 aliphatic rings. The van der Waals surface area contributed by atoms with Crippen molar-refractivity contribution in [1.29, 1.82) is 0 Å². The van der Waals surface area contributed by atoms with Gasteiger partial charge in [0.1, 0.15) is 12.1 Å². The fourth-order valence-electron chi connectivity index (χ4n) is 3.09. The summed E-state index contributed by atoms with van der Waals surface area (Å²) in [4.78, 5) is 20.5. The quantitative estimate of drug-likeness (QED) is 0.906. The first-order valence-electron chi connectivity index (χ1n) is 8.79. The van der Waals surface area contributed by atoms with Gasteiger partial charge in [-0.25, -0.2) is 14.8 Å². The smallest absolute Gasteiger partial charge is 0.315 e. The lowest BCUT2D eigenvalue weighted by atomic mass is 9.97. The fraction of sp³-hybridized carbons (Fsp3) is 0.500. The molecular formula is C18H25N5O. The second kappa shape index (κ2) is 8.47. The summed E-state index contributed by atoms with van der Waals surface area (Å²) in [6.45, 7) is 0.482. The first kappa shape index (κ1) is 16.5. The van der Waals surface area contributed by atoms with Crippen LogP contribution in [0, 0.1) is 0 Å². The Morgan fingerprint density at radius 1 is 1.17 bits per heavy atom. The molecule has 2 aromatic heterocycles. The van der Waals surface area contributed by atoms with Crippen LogP contribution in [-0.4, -0.2) is 26.6 Å². The largest absolute Gasteiger partial charge is 0.335 e. The lowest BCUT2D eigenvalue weighted by Crippen LogP contribution is -2.42. The van der Waals surface area contributed by atoms with Crippen LogP contribution >= 0.6 is 0 Å². The third-order valence-electron chi connectivity index (χ3n) is 4.47. The fourth-order valence-corrected chi connectivity index (χ4v) is 3.09. The predicted octanol–water partition coefficient (Wildman–Crippen LogP) is 3.18. The highest BCUT2D eigenvalue weighted by Crippen LogP contribution is 2.17. The number of carbonyl (C=O) groups excluding carboxylic acids is 1. The molecule has 0 bridgehead atoms. The molecule has 2 aromatic rings. The maximum Gasteiger partial charge on any atom is 0.315 e. The van der Waals surface area contributed by atoms with Crippen molar-refractivity contribution in [2.45, 2.75) is 57.5 Å². The number of urea groups is 1. The summed E-state index contributed by atoms with van der Waals surface area (Å²) < 4.78 is 1.85. The van der Waals surface area contributed by atoms with Crippen LogP contribution in [-0.2, 0) is 6.54 Å². The third kappa shape index (κ3) is 4.81. The van der Waals surface area contributed by atoms with Crippen molar-refractivity contribution in [3.63, 3.8) is 0 Å². The van der Waals surface area contributed by atoms with Crippen LogP contribution in [0.2, 0.25) is 0 Å². The Balaban J connectivity index is 1.45. The lowest BCUT2D eigenvalue weighted by molar-refractivity contribution is 0.233. The molecule has 3 rings (SSSR count). The minimum absolute atomic E-state index is 0.0840. The van der Waals surface area contributed by atoms with Crippen molar-refractivity contribution in [3.05, 3.63) is 42.6 Å². The number of pyridine rings is 1. The second-order valence-electron chi connectivity index (χ2n) is 6.36. The highest BCUT2D eigenvalue weighted by atomic mass is 16.2. The van der Waals surface area contributed by atoms with E-state index in [-0.39, 0.29) is 6.03 Å². The van der Waals surface area contributed by atoms with E-state index < -0.39 is 0 Å². The molecular weight excluding hydrogens is 302 g/mol. The van der Waals surface area contributed by atoms with E-state index in [2.05, 4.69) is 20.6 Å². The highest BCUT2D eigenvalue weighted by Gasteiger charge is 2.13. The molecule has 6 heteroatoms. The summed E-state index contributed by atoms with van der Waals surface area (Å²) in [7, 11) is 0. The summed E-state index contributed by atoms with van der Waals surface area (Å²) in [6, 6.07) is 4.12. The van der Waals surface area contributed by atoms with Crippen LogP contribution in [0.1, 0.15) is 50.5 Å². The first-order chi connectivity index (χ1) is 11.8. The second-order valence-corrected chi connectivity index (χ2v) is 6.36. The standard InChI is InChI=1S/C18H25N5O/c24-18(22-16-6-4-2-1-3-5-7-16)21-13-15-8-9-17(20-12-15)23-11-10-19-14-23/h8-12,14,16H,1-7,13H2,(H2,21,22,24). The number of aromatic nitrogens is 3. The van der Waals surface area contributed by atoms with Gasteiger partial charge in [0.05, 0.1) is 0 Å². The van der Waals surface area contributed by atoms with Crippen LogP contribution in [0.15, 0.2) is 37.1 Å². The average molecular weight is 327 g/mol. The number of rotatable bonds is 4. The van der Waals surface area contributed by atoms with Gasteiger partial charge in [-0.15, -0.1) is 0 Å². The molecule has 1 aliphatic carbocycles. The predicted molar refractivity (Wildman–Crippen MR) is 92.8 cm³/mol. The number of hydrogen-bond donors (Lipinski definition) is 2. The molecule has 0 radical (unpaired) electrons. The van der Waals surface area contributed by atoms with Crippen molar-refractivity contribution in [3.8, 4) is 5.82 Å². The number of hydrogen-bond acceptors (Lipinski definition) is 3. The molecule has 1 saturated carbocycles. The van der Waals surface area contributed by atoms with Gasteiger partial charge < -0.3 is 10.6 Å². The van der Waals surface area contributed by atoms with E-state index in [0.29, 0.717) is 12.6 Å². The zero-order valence-corrected chi connectivity index (χ0v) is 13.9. The molecule has 2 heterocycles. The van der Waals surface area contributed by atoms with Gasteiger partial charge in [0.15, 0.2) is 0 Å². The lowest BCUT2D eigenvalue weighted by Gasteiger charge is -2.21. The van der Waals surface area contributed by atoms with Gasteiger partial charge in [0, 0.05) is 31.2 Å². The van der Waals surface area contributed by atoms with Gasteiger partial charge in [-0.3, -0.25) is 4.57 Å². The van der Waals surface area contributed by atoms with Crippen LogP contribution in [0.5, 0.6) is 0 Å². The van der Waals surface area contributed by atoms with Gasteiger partial charge >= 0.3 is 6.03 Å². The monoisotopic (exact) mass is 327 g/mol. The van der Waals surface area contributed by atoms with Crippen molar-refractivity contribution in [2.75, 3.05) is 0 Å². The van der Waals surface area contributed by atoms with Crippen molar-refractivity contribution >= 4 is 6.03 Å². The summed E-state index contributed by atoms with van der Waals surface area (Å²) in [6.07, 6.45) is 15.6. The van der Waals surface area contributed by atoms with Crippen molar-refractivity contribution in [2.24, 2.45) is 0 Å². The molecule has 1 fully saturated rings. The SMILES string of the molecule is O=C(NCc1ccc(-n2ccnc2)nc1)NC1CCCCCCC1. The first-order valence-corrected chi connectivity index (χ1v) is 8.79. The van der Waals surface area contributed by atoms with E-state index in [1.807, 2.05) is 22.9 Å². The minimum Gasteiger partial charge on any atom is -0.335 e. The van der Waals surface area contributed by atoms with E-state index >= 15 is 0 Å². The molecule has 0 saturated heterocycles. The molecule has 0 aliphatic heterocycles. The summed E-state index contributed by atoms with van der Waals surface area (Å²) in [5, 5.41) is 6.04. The van der Waals surface area contributed by atoms with Crippen LogP contribution < -0.4 is 10.6 Å². The topological polar surface area (TPSA) is 71.8 Å². The molecule has 6 nitrogen and oxygen atoms in total. The summed E-state index contributed by atoms with van der Waals surface area (Å²) >= 11 is 0. The van der Waals surface area contributed by atoms with E-state index in [4.69, 9.17) is 0 Å². The van der Waals surface area contributed by atoms with Crippen LogP contribution in [0.3, 0.4) is 0 Å². The third-order valence-corrected chi connectivity index (χ3v) is 4.47. The van der Waals surface area contributed by atoms with Gasteiger partial charge in [-0.1, -0.05) is 38.2 Å². The maximum atomic E-state index is 12.1. The Kier molecular flexibility index (Phi) is 5.82. The zero-order chi connectivity index (χ0) is 16.6. The number of nitrogens with one attached hydrogen (secondary N) is 2. The molecule has 0 aromatic carbocycles. The zero-order valence-electron chi connectivity index (χ0n) is 13.9. The van der Waals surface area contributed by atoms with E-state index in [1.54, 1.807) is 18.7 Å². The number of imidazole rings is 1. The van der Waals surface area contributed by atoms with E-state index in [0.717, 1.165) is 24.2 Å². The van der Waals surface area contributed by atoms with E-state index in [9.17, 15) is 4.79 Å². The molecule has 2 N–H and O–H groups in total. The number of nitrogens with zero attached hydrogens (tertiary/aromatic N) is 3. The molecule has 0 unspecified atom stereocenters. The normalized spacial score (nSPS) is 16.2. The average Bonchev–Trinajstić information content (AvgIpc) is 3.10. The molecule has 2 amide bonds. The van der Waals surface area contributed by atoms with Crippen LogP contribution in [0.25, 0.3) is 5.82 Å². The van der Waals surface area contributed by atoms with Crippen molar-refractivity contribution in [1.82, 2.24) is 25.2 Å². The van der Waals surface area contributed by atoms with Gasteiger partial charge in [0.25, 0.3) is 0 Å². The van der Waals surface area contributed by atoms with Crippen LogP contribution in [0.4, 0.5) is 4.79 Å². The van der Waals surface area contributed by atoms with Gasteiger partial charge in [0.2, 0.25) is 0 Å². The molecule has 24 heavy (non-hydrogen) atoms. The Morgan fingerprint density at radius 3 is 2.62 bits per heavy atom. The highest BCUT2D eigenvalue weighted by molar-refractivity contribution is 5.74. The summed E-state index contributed by atoms with van der Waals surface area (Å²) in [5.74, 6) is 0.815. The number of carbonyl (C=O) groups is 1. The maximum absolute atomic E-state index is 12.1. The van der Waals surface area contributed by atoms with Crippen molar-refractivity contribution < 1.29 is 4.79 Å². The molecule has 0 atom stereocenters. The van der Waals surface area contributed by atoms with E-state index in [1.165, 1.54) is 32.1 Å². The Hall–Kier alpha value is -2.37. The van der Waals surface area contributed by atoms with Gasteiger partial charge in [-0.05, 0) is 24.5 Å². The Bertz CT molecular complexity index is 615. The Morgan fingerprint density at radius 2 is 1.96 bits per heavy atom. The summed E-state index contributed by atoms with van der Waals surface area (Å²) in [5.41, 5.74) is 0.978. The van der Waals surface area contributed by atoms with Gasteiger partial charge in [-0.2, -0.15) is 0 Å². The minimum atomic E-state index is -0.0840. The molecule has 0 spiro atoms.